The molecule has 2 rings (SSSR count). The third-order valence-electron chi connectivity index (χ3n) is 2.94. The molecule has 0 saturated carbocycles. The van der Waals surface area contributed by atoms with E-state index in [1.54, 1.807) is 0 Å². The van der Waals surface area contributed by atoms with E-state index < -0.39 is 0 Å². The number of halogens is 1. The monoisotopic (exact) mass is 250 g/mol. The molecule has 4 heteroatoms. The van der Waals surface area contributed by atoms with Gasteiger partial charge < -0.3 is 10.6 Å². The highest BCUT2D eigenvalue weighted by Gasteiger charge is 2.15. The Morgan fingerprint density at radius 2 is 2.12 bits per heavy atom. The molecular formula is C13H15ClN2O. The number of rotatable bonds is 3. The van der Waals surface area contributed by atoms with Crippen LogP contribution in [-0.4, -0.2) is 19.0 Å². The van der Waals surface area contributed by atoms with Gasteiger partial charge in [0.15, 0.2) is 0 Å². The maximum absolute atomic E-state index is 11.8. The van der Waals surface area contributed by atoms with Gasteiger partial charge in [-0.25, -0.2) is 0 Å². The lowest BCUT2D eigenvalue weighted by atomic mass is 10.0. The van der Waals surface area contributed by atoms with Gasteiger partial charge in [0.05, 0.1) is 0 Å². The lowest BCUT2D eigenvalue weighted by Gasteiger charge is -2.21. The van der Waals surface area contributed by atoms with Gasteiger partial charge in [0.25, 0.3) is 0 Å². The molecule has 1 amide bonds. The van der Waals surface area contributed by atoms with Crippen molar-refractivity contribution in [3.8, 4) is 0 Å². The van der Waals surface area contributed by atoms with Crippen LogP contribution < -0.4 is 10.6 Å². The number of hydrogen-bond acceptors (Lipinski definition) is 2. The molecule has 0 bridgehead atoms. The fourth-order valence-electron chi connectivity index (χ4n) is 1.63. The molecule has 1 aromatic rings. The van der Waals surface area contributed by atoms with Crippen molar-refractivity contribution >= 4 is 17.5 Å². The molecule has 0 spiro atoms. The highest BCUT2D eigenvalue weighted by Crippen LogP contribution is 2.15. The van der Waals surface area contributed by atoms with Crippen LogP contribution in [-0.2, 0) is 11.3 Å². The largest absolute Gasteiger partial charge is 0.348 e. The van der Waals surface area contributed by atoms with Crippen LogP contribution in [0.2, 0.25) is 5.02 Å². The number of carbonyl (C=O) groups is 1. The summed E-state index contributed by atoms with van der Waals surface area (Å²) in [5.41, 5.74) is 2.93. The molecule has 0 aromatic heterocycles. The number of amides is 1. The highest BCUT2D eigenvalue weighted by molar-refractivity contribution is 6.31. The predicted molar refractivity (Wildman–Crippen MR) is 68.9 cm³/mol. The van der Waals surface area contributed by atoms with Crippen molar-refractivity contribution in [3.05, 3.63) is 46.0 Å². The average molecular weight is 251 g/mol. The van der Waals surface area contributed by atoms with Gasteiger partial charge in [0.1, 0.15) is 0 Å². The van der Waals surface area contributed by atoms with Gasteiger partial charge >= 0.3 is 0 Å². The van der Waals surface area contributed by atoms with Crippen LogP contribution in [0.25, 0.3) is 0 Å². The van der Waals surface area contributed by atoms with Crippen molar-refractivity contribution in [3.63, 3.8) is 0 Å². The van der Waals surface area contributed by atoms with Gasteiger partial charge in [-0.3, -0.25) is 4.79 Å². The van der Waals surface area contributed by atoms with Crippen molar-refractivity contribution in [2.75, 3.05) is 13.1 Å². The van der Waals surface area contributed by atoms with Gasteiger partial charge in [0, 0.05) is 30.2 Å². The molecule has 17 heavy (non-hydrogen) atoms. The molecular weight excluding hydrogens is 236 g/mol. The number of carbonyl (C=O) groups excluding carboxylic acids is 1. The Morgan fingerprint density at radius 3 is 2.71 bits per heavy atom. The molecule has 90 valence electrons. The van der Waals surface area contributed by atoms with Crippen LogP contribution in [0.5, 0.6) is 0 Å². The second-order valence-corrected chi connectivity index (χ2v) is 4.51. The smallest absolute Gasteiger partial charge is 0.247 e. The third-order valence-corrected chi connectivity index (χ3v) is 3.31. The van der Waals surface area contributed by atoms with E-state index in [0.29, 0.717) is 11.6 Å². The summed E-state index contributed by atoms with van der Waals surface area (Å²) in [6, 6.07) is 7.52. The number of nitrogens with one attached hydrogen (secondary N) is 2. The van der Waals surface area contributed by atoms with E-state index in [9.17, 15) is 4.79 Å². The molecule has 0 unspecified atom stereocenters. The minimum atomic E-state index is -0.0126. The fourth-order valence-corrected chi connectivity index (χ4v) is 1.83. The zero-order valence-electron chi connectivity index (χ0n) is 9.72. The maximum Gasteiger partial charge on any atom is 0.247 e. The normalized spacial score (nSPS) is 14.1. The van der Waals surface area contributed by atoms with Gasteiger partial charge in [-0.05, 0) is 24.1 Å². The first kappa shape index (κ1) is 12.1. The number of benzene rings is 1. The second-order valence-electron chi connectivity index (χ2n) is 4.11. The van der Waals surface area contributed by atoms with Crippen LogP contribution in [0.15, 0.2) is 35.4 Å². The quantitative estimate of drug-likeness (QED) is 0.805. The van der Waals surface area contributed by atoms with Crippen LogP contribution in [0, 0.1) is 0 Å². The summed E-state index contributed by atoms with van der Waals surface area (Å²) < 4.78 is 0. The van der Waals surface area contributed by atoms with Gasteiger partial charge in [-0.1, -0.05) is 29.8 Å². The van der Waals surface area contributed by atoms with Gasteiger partial charge in [-0.15, -0.1) is 0 Å². The van der Waals surface area contributed by atoms with Crippen molar-refractivity contribution in [1.82, 2.24) is 10.6 Å². The van der Waals surface area contributed by atoms with Crippen LogP contribution in [0.1, 0.15) is 12.5 Å². The Kier molecular flexibility index (Phi) is 3.82. The first-order chi connectivity index (χ1) is 8.18. The Morgan fingerprint density at radius 1 is 1.41 bits per heavy atom. The van der Waals surface area contributed by atoms with Gasteiger partial charge in [-0.2, -0.15) is 0 Å². The standard InChI is InChI=1S/C13H15ClN2O/c1-9(11-6-15-7-11)13(17)16-8-10-4-2-3-5-12(10)14/h2-5,15H,6-8H2,1H3,(H,16,17). The second kappa shape index (κ2) is 5.34. The first-order valence-corrected chi connectivity index (χ1v) is 5.97. The average Bonchev–Trinajstić information content (AvgIpc) is 2.25. The molecule has 0 radical (unpaired) electrons. The van der Waals surface area contributed by atoms with Crippen molar-refractivity contribution in [2.24, 2.45) is 0 Å². The summed E-state index contributed by atoms with van der Waals surface area (Å²) in [4.78, 5) is 11.8. The fraction of sp³-hybridized carbons (Fsp3) is 0.308. The Balaban J connectivity index is 1.95. The zero-order chi connectivity index (χ0) is 12.3. The van der Waals surface area contributed by atoms with Crippen LogP contribution >= 0.6 is 11.6 Å². The summed E-state index contributed by atoms with van der Waals surface area (Å²) >= 11 is 6.01. The summed E-state index contributed by atoms with van der Waals surface area (Å²) in [6.45, 7) is 3.98. The highest BCUT2D eigenvalue weighted by atomic mass is 35.5. The minimum absolute atomic E-state index is 0.0126. The molecule has 0 aliphatic carbocycles. The predicted octanol–water partition coefficient (Wildman–Crippen LogP) is 1.88. The first-order valence-electron chi connectivity index (χ1n) is 5.59. The zero-order valence-corrected chi connectivity index (χ0v) is 10.5. The van der Waals surface area contributed by atoms with E-state index in [2.05, 4.69) is 10.6 Å². The van der Waals surface area contributed by atoms with Gasteiger partial charge in [0.2, 0.25) is 5.91 Å². The van der Waals surface area contributed by atoms with E-state index in [-0.39, 0.29) is 5.91 Å². The summed E-state index contributed by atoms with van der Waals surface area (Å²) in [6.07, 6.45) is 0. The Labute approximate surface area is 106 Å². The molecule has 1 fully saturated rings. The topological polar surface area (TPSA) is 41.1 Å². The molecule has 1 aromatic carbocycles. The third kappa shape index (κ3) is 2.87. The molecule has 1 saturated heterocycles. The summed E-state index contributed by atoms with van der Waals surface area (Å²) in [5, 5.41) is 6.68. The molecule has 0 atom stereocenters. The van der Waals surface area contributed by atoms with E-state index in [4.69, 9.17) is 11.6 Å². The van der Waals surface area contributed by atoms with E-state index in [1.165, 1.54) is 5.57 Å². The molecule has 1 aliphatic heterocycles. The molecule has 1 aliphatic rings. The van der Waals surface area contributed by atoms with Crippen LogP contribution in [0.4, 0.5) is 0 Å². The van der Waals surface area contributed by atoms with E-state index >= 15 is 0 Å². The molecule has 1 heterocycles. The molecule has 2 N–H and O–H groups in total. The van der Waals surface area contributed by atoms with Crippen molar-refractivity contribution in [1.29, 1.82) is 0 Å². The van der Waals surface area contributed by atoms with E-state index in [1.807, 2.05) is 31.2 Å². The summed E-state index contributed by atoms with van der Waals surface area (Å²) in [5.74, 6) is -0.0126. The summed E-state index contributed by atoms with van der Waals surface area (Å²) in [7, 11) is 0. The van der Waals surface area contributed by atoms with Crippen LogP contribution in [0.3, 0.4) is 0 Å². The SMILES string of the molecule is CC(C(=O)NCc1ccccc1Cl)=C1CNC1. The minimum Gasteiger partial charge on any atom is -0.348 e. The van der Waals surface area contributed by atoms with E-state index in [0.717, 1.165) is 24.2 Å². The lowest BCUT2D eigenvalue weighted by Crippen LogP contribution is -2.37. The molecule has 3 nitrogen and oxygen atoms in total. The Bertz CT molecular complexity index is 462. The lowest BCUT2D eigenvalue weighted by molar-refractivity contribution is -0.117. The Hall–Kier alpha value is -1.32. The van der Waals surface area contributed by atoms with Crippen molar-refractivity contribution < 1.29 is 4.79 Å². The maximum atomic E-state index is 11.8. The number of hydrogen-bond donors (Lipinski definition) is 2. The van der Waals surface area contributed by atoms with Crippen molar-refractivity contribution in [2.45, 2.75) is 13.5 Å².